The smallest absolute Gasteiger partial charge is 0.329 e. The Labute approximate surface area is 408 Å². The number of carbonyl (C=O) groups excluding carboxylic acids is 4. The molecule has 2 saturated heterocycles. The van der Waals surface area contributed by atoms with Crippen molar-refractivity contribution in [2.75, 3.05) is 40.6 Å². The number of ketones is 2. The zero-order valence-electron chi connectivity index (χ0n) is 43.5. The molecule has 3 fully saturated rings. The second kappa shape index (κ2) is 28.1. The minimum Gasteiger partial charge on any atom is -0.461 e. The lowest BCUT2D eigenvalue weighted by molar-refractivity contribution is -0.264. The van der Waals surface area contributed by atoms with Crippen LogP contribution in [0.15, 0.2) is 47.6 Å². The van der Waals surface area contributed by atoms with E-state index in [1.54, 1.807) is 14.0 Å². The number of methoxy groups -OCH3 is 2. The highest BCUT2D eigenvalue weighted by molar-refractivity contribution is 6.39. The van der Waals surface area contributed by atoms with Gasteiger partial charge in [0, 0.05) is 39.2 Å². The second-order valence-corrected chi connectivity index (χ2v) is 20.9. The van der Waals surface area contributed by atoms with Gasteiger partial charge in [0.05, 0.1) is 31.5 Å². The Morgan fingerprint density at radius 1 is 0.809 bits per heavy atom. The molecule has 2 bridgehead atoms. The number of amides is 1. The van der Waals surface area contributed by atoms with E-state index in [9.17, 15) is 29.4 Å². The van der Waals surface area contributed by atoms with Crippen molar-refractivity contribution in [3.63, 3.8) is 0 Å². The van der Waals surface area contributed by atoms with Gasteiger partial charge in [-0.1, -0.05) is 83.6 Å². The Hall–Kier alpha value is -3.04. The molecule has 3 aliphatic heterocycles. The van der Waals surface area contributed by atoms with Gasteiger partial charge in [-0.15, -0.1) is 0 Å². The highest BCUT2D eigenvalue weighted by Gasteiger charge is 2.53. The van der Waals surface area contributed by atoms with Gasteiger partial charge in [-0.05, 0) is 139 Å². The maximum absolute atomic E-state index is 14.5. The number of nitrogens with zero attached hydrogens (tertiary/aromatic N) is 1. The molecule has 2 N–H and O–H groups in total. The maximum Gasteiger partial charge on any atom is 0.329 e. The van der Waals surface area contributed by atoms with E-state index in [1.165, 1.54) is 12.0 Å². The predicted molar refractivity (Wildman–Crippen MR) is 263 cm³/mol. The van der Waals surface area contributed by atoms with Gasteiger partial charge in [0.2, 0.25) is 5.79 Å². The number of allylic oxidation sites excluding steroid dienone is 7. The van der Waals surface area contributed by atoms with Gasteiger partial charge >= 0.3 is 5.97 Å². The van der Waals surface area contributed by atoms with Crippen LogP contribution in [0.1, 0.15) is 146 Å². The molecule has 15 atom stereocenters. The molecule has 1 aliphatic carbocycles. The number of piperidine rings is 1. The molecule has 0 spiro atoms. The SMILES string of the molecule is CCOCCO[C@@H]1CC[C@@H](C[C@@H](C)[C@@H]2CC[C@H](C)/C=C(\C)[C@@H](O)[C@@H](OC)C(=O)[C@H](C)C[C@H](C)/C=C/C=C/C=C(\C)C(C)C[C@@H]3CC[C@@H](C)[C@@](O)(O3)C(=O)C(=O)N3CCCC[C@H]3C(=O)O2)C[C@H]1OC. The van der Waals surface area contributed by atoms with Crippen LogP contribution < -0.4 is 0 Å². The lowest BCUT2D eigenvalue weighted by Gasteiger charge is -2.42. The van der Waals surface area contributed by atoms with E-state index in [1.807, 2.05) is 65.0 Å². The Morgan fingerprint density at radius 2 is 1.56 bits per heavy atom. The number of ether oxygens (including phenoxy) is 6. The van der Waals surface area contributed by atoms with Crippen molar-refractivity contribution in [1.29, 1.82) is 0 Å². The van der Waals surface area contributed by atoms with Crippen molar-refractivity contribution in [1.82, 2.24) is 4.90 Å². The van der Waals surface area contributed by atoms with Crippen LogP contribution in [0.4, 0.5) is 0 Å². The summed E-state index contributed by atoms with van der Waals surface area (Å²) in [5.74, 6) is -5.66. The number of Topliss-reactive ketones (excluding diaryl/α,β-unsaturated/α-hetero) is 2. The number of fused-ring (bicyclic) bond motifs is 3. The van der Waals surface area contributed by atoms with Crippen molar-refractivity contribution in [3.8, 4) is 0 Å². The summed E-state index contributed by atoms with van der Waals surface area (Å²) < 4.78 is 36.0. The number of hydrogen-bond donors (Lipinski definition) is 2. The summed E-state index contributed by atoms with van der Waals surface area (Å²) in [6.07, 6.45) is 17.0. The van der Waals surface area contributed by atoms with Crippen LogP contribution in [0.3, 0.4) is 0 Å². The standard InChI is InChI=1S/C55H89NO12/c1-12-65-28-29-66-47-26-23-43(34-48(47)63-10)32-39(6)46-25-21-36(3)31-41(8)50(58)51(64-11)49(57)40(7)30-35(2)18-14-13-15-19-37(4)38(5)33-44-24-22-42(9)55(62,68-44)52(59)53(60)56-27-17-16-20-45(56)54(61)67-46/h13-15,18-19,31,35-36,38-40,42-48,50-51,58,62H,12,16-17,20-30,32-34H2,1-11H3/b15-13+,18-14+,37-19+,41-31+/t35-,36+,38?,39-,40-,42-,43+,44+,45+,46+,47-,48-,50-,51+,55-/m1/s1. The van der Waals surface area contributed by atoms with Gasteiger partial charge in [0.15, 0.2) is 5.78 Å². The monoisotopic (exact) mass is 956 g/mol. The third kappa shape index (κ3) is 16.2. The summed E-state index contributed by atoms with van der Waals surface area (Å²) in [6.45, 7) is 19.6. The van der Waals surface area contributed by atoms with Crippen molar-refractivity contribution in [3.05, 3.63) is 47.6 Å². The summed E-state index contributed by atoms with van der Waals surface area (Å²) >= 11 is 0. The van der Waals surface area contributed by atoms with Gasteiger partial charge in [0.25, 0.3) is 11.7 Å². The molecule has 68 heavy (non-hydrogen) atoms. The lowest BCUT2D eigenvalue weighted by atomic mass is 9.78. The quantitative estimate of drug-likeness (QED) is 0.0927. The number of cyclic esters (lactones) is 1. The fourth-order valence-electron chi connectivity index (χ4n) is 10.8. The molecule has 4 rings (SSSR count). The molecule has 0 aromatic heterocycles. The summed E-state index contributed by atoms with van der Waals surface area (Å²) in [5.41, 5.74) is 1.72. The minimum absolute atomic E-state index is 0.0284. The van der Waals surface area contributed by atoms with E-state index in [4.69, 9.17) is 28.4 Å². The van der Waals surface area contributed by atoms with Crippen molar-refractivity contribution >= 4 is 23.4 Å². The normalized spacial score (nSPS) is 39.1. The third-order valence-corrected chi connectivity index (χ3v) is 15.4. The topological polar surface area (TPSA) is 167 Å². The Balaban J connectivity index is 1.64. The largest absolute Gasteiger partial charge is 0.461 e. The molecule has 0 aromatic rings. The van der Waals surface area contributed by atoms with Crippen LogP contribution in [0.25, 0.3) is 0 Å². The molecule has 3 heterocycles. The van der Waals surface area contributed by atoms with Gasteiger partial charge in [0.1, 0.15) is 24.4 Å². The molecular weight excluding hydrogens is 867 g/mol. The van der Waals surface area contributed by atoms with E-state index in [-0.39, 0.29) is 54.1 Å². The molecule has 386 valence electrons. The molecule has 0 aromatic carbocycles. The highest BCUT2D eigenvalue weighted by Crippen LogP contribution is 2.38. The number of carbonyl (C=O) groups is 4. The summed E-state index contributed by atoms with van der Waals surface area (Å²) in [4.78, 5) is 58.1. The highest BCUT2D eigenvalue weighted by atomic mass is 16.6. The first kappa shape index (κ1) is 57.5. The first-order valence-electron chi connectivity index (χ1n) is 26.0. The zero-order valence-corrected chi connectivity index (χ0v) is 43.5. The van der Waals surface area contributed by atoms with Crippen molar-refractivity contribution < 1.29 is 57.8 Å². The molecule has 13 heteroatoms. The molecule has 1 amide bonds. The Kier molecular flexibility index (Phi) is 23.8. The first-order chi connectivity index (χ1) is 32.3. The van der Waals surface area contributed by atoms with Gasteiger partial charge in [-0.25, -0.2) is 4.79 Å². The van der Waals surface area contributed by atoms with Crippen LogP contribution in [0.5, 0.6) is 0 Å². The number of aliphatic hydroxyl groups is 2. The van der Waals surface area contributed by atoms with Crippen LogP contribution in [-0.4, -0.2) is 128 Å². The predicted octanol–water partition coefficient (Wildman–Crippen LogP) is 8.68. The molecule has 0 radical (unpaired) electrons. The molecule has 1 saturated carbocycles. The number of esters is 1. The van der Waals surface area contributed by atoms with Gasteiger partial charge < -0.3 is 43.5 Å². The summed E-state index contributed by atoms with van der Waals surface area (Å²) in [5, 5.41) is 23.5. The van der Waals surface area contributed by atoms with E-state index in [0.717, 1.165) is 31.3 Å². The van der Waals surface area contributed by atoms with E-state index >= 15 is 0 Å². The summed E-state index contributed by atoms with van der Waals surface area (Å²) in [6, 6.07) is -0.995. The van der Waals surface area contributed by atoms with Gasteiger partial charge in [-0.2, -0.15) is 0 Å². The van der Waals surface area contributed by atoms with E-state index in [0.29, 0.717) is 89.1 Å². The number of hydrogen-bond acceptors (Lipinski definition) is 12. The third-order valence-electron chi connectivity index (χ3n) is 15.4. The molecule has 13 nitrogen and oxygen atoms in total. The average Bonchev–Trinajstić information content (AvgIpc) is 3.32. The van der Waals surface area contributed by atoms with Crippen molar-refractivity contribution in [2.45, 2.75) is 194 Å². The fourth-order valence-corrected chi connectivity index (χ4v) is 10.8. The zero-order chi connectivity index (χ0) is 50.1. The van der Waals surface area contributed by atoms with Crippen molar-refractivity contribution in [2.24, 2.45) is 41.4 Å². The summed E-state index contributed by atoms with van der Waals surface area (Å²) in [7, 11) is 3.18. The van der Waals surface area contributed by atoms with Gasteiger partial charge in [-0.3, -0.25) is 14.4 Å². The molecular formula is C55H89NO12. The molecule has 1 unspecified atom stereocenters. The maximum atomic E-state index is 14.5. The lowest BCUT2D eigenvalue weighted by Crippen LogP contribution is -2.60. The fraction of sp³-hybridized carbons (Fsp3) is 0.782. The van der Waals surface area contributed by atoms with Crippen LogP contribution in [0.2, 0.25) is 0 Å². The van der Waals surface area contributed by atoms with Crippen LogP contribution in [0, 0.1) is 41.4 Å². The molecule has 4 aliphatic rings. The van der Waals surface area contributed by atoms with Crippen LogP contribution >= 0.6 is 0 Å². The number of aliphatic hydroxyl groups excluding tert-OH is 1. The average molecular weight is 956 g/mol. The second-order valence-electron chi connectivity index (χ2n) is 20.9. The minimum atomic E-state index is -2.32. The van der Waals surface area contributed by atoms with E-state index < -0.39 is 59.8 Å². The van der Waals surface area contributed by atoms with Crippen LogP contribution in [-0.2, 0) is 47.6 Å². The van der Waals surface area contributed by atoms with E-state index in [2.05, 4.69) is 26.8 Å². The Morgan fingerprint density at radius 3 is 2.26 bits per heavy atom. The number of rotatable bonds is 10. The first-order valence-corrected chi connectivity index (χ1v) is 26.0. The Bertz CT molecular complexity index is 1740.